The fourth-order valence-electron chi connectivity index (χ4n) is 3.83. The number of rotatable bonds is 3. The van der Waals surface area contributed by atoms with Crippen LogP contribution in [-0.2, 0) is 13.0 Å². The van der Waals surface area contributed by atoms with Gasteiger partial charge >= 0.3 is 0 Å². The van der Waals surface area contributed by atoms with Crippen LogP contribution in [0.2, 0.25) is 0 Å². The monoisotopic (exact) mass is 358 g/mol. The van der Waals surface area contributed by atoms with Gasteiger partial charge in [0.05, 0.1) is 11.2 Å². The summed E-state index contributed by atoms with van der Waals surface area (Å²) in [7, 11) is 0. The van der Waals surface area contributed by atoms with Gasteiger partial charge in [0.25, 0.3) is 0 Å². The highest BCUT2D eigenvalue weighted by Crippen LogP contribution is 2.40. The smallest absolute Gasteiger partial charge is 0.119 e. The zero-order valence-corrected chi connectivity index (χ0v) is 15.3. The van der Waals surface area contributed by atoms with Gasteiger partial charge in [0.1, 0.15) is 5.69 Å². The first-order chi connectivity index (χ1) is 12.9. The standard InChI is InChI=1S/C21H18N4S/c1-26-18-9-4-6-15-14(10-12-23-20(15)18)19-17-8-5-13-25(17)24-21(19)16-7-2-3-11-22-16/h2-4,6-7,9-12H,5,8,13H2,1H3. The zero-order valence-electron chi connectivity index (χ0n) is 14.5. The molecular weight excluding hydrogens is 340 g/mol. The summed E-state index contributed by atoms with van der Waals surface area (Å²) in [4.78, 5) is 10.4. The minimum absolute atomic E-state index is 0.926. The van der Waals surface area contributed by atoms with Gasteiger partial charge in [0, 0.05) is 40.5 Å². The van der Waals surface area contributed by atoms with Crippen LogP contribution < -0.4 is 0 Å². The molecule has 0 amide bonds. The van der Waals surface area contributed by atoms with Crippen molar-refractivity contribution in [3.63, 3.8) is 0 Å². The van der Waals surface area contributed by atoms with Crippen LogP contribution in [0.3, 0.4) is 0 Å². The lowest BCUT2D eigenvalue weighted by atomic mass is 9.97. The molecule has 4 nitrogen and oxygen atoms in total. The Bertz CT molecular complexity index is 1100. The summed E-state index contributed by atoms with van der Waals surface area (Å²) >= 11 is 1.73. The molecular formula is C21H18N4S. The van der Waals surface area contributed by atoms with E-state index in [0.29, 0.717) is 0 Å². The summed E-state index contributed by atoms with van der Waals surface area (Å²) in [5.74, 6) is 0. The van der Waals surface area contributed by atoms with E-state index in [0.717, 1.165) is 36.3 Å². The molecule has 1 aliphatic rings. The fraction of sp³-hybridized carbons (Fsp3) is 0.190. The number of thioether (sulfide) groups is 1. The lowest BCUT2D eigenvalue weighted by Crippen LogP contribution is -1.94. The lowest BCUT2D eigenvalue weighted by molar-refractivity contribution is 0.658. The number of aryl methyl sites for hydroxylation is 1. The predicted molar refractivity (Wildman–Crippen MR) is 106 cm³/mol. The molecule has 0 spiro atoms. The number of benzene rings is 1. The van der Waals surface area contributed by atoms with Crippen LogP contribution >= 0.6 is 11.8 Å². The summed E-state index contributed by atoms with van der Waals surface area (Å²) in [6.07, 6.45) is 8.05. The van der Waals surface area contributed by atoms with Gasteiger partial charge in [0.15, 0.2) is 0 Å². The molecule has 0 unspecified atom stereocenters. The normalized spacial score (nSPS) is 13.3. The lowest BCUT2D eigenvalue weighted by Gasteiger charge is -2.10. The summed E-state index contributed by atoms with van der Waals surface area (Å²) in [5, 5.41) is 6.10. The van der Waals surface area contributed by atoms with E-state index in [9.17, 15) is 0 Å². The third-order valence-electron chi connectivity index (χ3n) is 4.97. The molecule has 128 valence electrons. The van der Waals surface area contributed by atoms with Crippen LogP contribution in [0.15, 0.2) is 59.8 Å². The Morgan fingerprint density at radius 3 is 2.81 bits per heavy atom. The number of nitrogens with zero attached hydrogens (tertiary/aromatic N) is 4. The molecule has 0 N–H and O–H groups in total. The van der Waals surface area contributed by atoms with Gasteiger partial charge in [-0.15, -0.1) is 11.8 Å². The van der Waals surface area contributed by atoms with Gasteiger partial charge in [-0.05, 0) is 48.9 Å². The van der Waals surface area contributed by atoms with E-state index in [4.69, 9.17) is 5.10 Å². The third kappa shape index (κ3) is 2.35. The Labute approximate surface area is 156 Å². The highest BCUT2D eigenvalue weighted by Gasteiger charge is 2.25. The Morgan fingerprint density at radius 2 is 1.96 bits per heavy atom. The molecule has 4 aromatic rings. The van der Waals surface area contributed by atoms with Crippen molar-refractivity contribution in [1.29, 1.82) is 0 Å². The minimum atomic E-state index is 0.926. The molecule has 4 heterocycles. The van der Waals surface area contributed by atoms with Crippen molar-refractivity contribution in [3.05, 3.63) is 60.6 Å². The Kier molecular flexibility index (Phi) is 3.75. The van der Waals surface area contributed by atoms with Crippen molar-refractivity contribution in [2.24, 2.45) is 0 Å². The summed E-state index contributed by atoms with van der Waals surface area (Å²) < 4.78 is 2.16. The van der Waals surface area contributed by atoms with E-state index in [-0.39, 0.29) is 0 Å². The number of fused-ring (bicyclic) bond motifs is 2. The summed E-state index contributed by atoms with van der Waals surface area (Å²) in [6.45, 7) is 0.980. The second-order valence-electron chi connectivity index (χ2n) is 6.43. The molecule has 1 aliphatic heterocycles. The number of pyridine rings is 2. The first kappa shape index (κ1) is 15.6. The van der Waals surface area contributed by atoms with Crippen molar-refractivity contribution in [2.75, 3.05) is 6.26 Å². The summed E-state index contributed by atoms with van der Waals surface area (Å²) in [5.41, 5.74) is 6.69. The quantitative estimate of drug-likeness (QED) is 0.492. The molecule has 1 aromatic carbocycles. The molecule has 0 aliphatic carbocycles. The molecule has 26 heavy (non-hydrogen) atoms. The number of hydrogen-bond acceptors (Lipinski definition) is 4. The van der Waals surface area contributed by atoms with Crippen LogP contribution in [0.4, 0.5) is 0 Å². The summed E-state index contributed by atoms with van der Waals surface area (Å²) in [6, 6.07) is 14.5. The molecule has 0 fully saturated rings. The predicted octanol–water partition coefficient (Wildman–Crippen LogP) is 4.83. The van der Waals surface area contributed by atoms with Crippen LogP contribution in [0, 0.1) is 0 Å². The van der Waals surface area contributed by atoms with E-state index < -0.39 is 0 Å². The van der Waals surface area contributed by atoms with Crippen molar-refractivity contribution in [2.45, 2.75) is 24.3 Å². The van der Waals surface area contributed by atoms with E-state index in [2.05, 4.69) is 45.2 Å². The van der Waals surface area contributed by atoms with Crippen molar-refractivity contribution in [1.82, 2.24) is 19.7 Å². The van der Waals surface area contributed by atoms with E-state index in [1.54, 1.807) is 11.8 Å². The van der Waals surface area contributed by atoms with Crippen LogP contribution in [0.5, 0.6) is 0 Å². The Balaban J connectivity index is 1.83. The SMILES string of the molecule is CSc1cccc2c(-c3c(-c4ccccn4)nn4c3CCC4)ccnc12. The molecule has 5 heteroatoms. The molecule has 5 rings (SSSR count). The van der Waals surface area contributed by atoms with Crippen molar-refractivity contribution < 1.29 is 0 Å². The Morgan fingerprint density at radius 1 is 1.00 bits per heavy atom. The van der Waals surface area contributed by atoms with Crippen molar-refractivity contribution >= 4 is 22.7 Å². The van der Waals surface area contributed by atoms with E-state index in [1.165, 1.54) is 27.1 Å². The highest BCUT2D eigenvalue weighted by atomic mass is 32.2. The van der Waals surface area contributed by atoms with Crippen LogP contribution in [0.1, 0.15) is 12.1 Å². The molecule has 0 bridgehead atoms. The van der Waals surface area contributed by atoms with Gasteiger partial charge in [-0.1, -0.05) is 18.2 Å². The van der Waals surface area contributed by atoms with Gasteiger partial charge in [-0.3, -0.25) is 14.6 Å². The van der Waals surface area contributed by atoms with Gasteiger partial charge in [-0.2, -0.15) is 5.10 Å². The maximum atomic E-state index is 4.92. The number of aromatic nitrogens is 4. The first-order valence-corrected chi connectivity index (χ1v) is 10.0. The second-order valence-corrected chi connectivity index (χ2v) is 7.28. The Hall–Kier alpha value is -2.66. The molecule has 3 aromatic heterocycles. The average molecular weight is 358 g/mol. The maximum Gasteiger partial charge on any atom is 0.119 e. The van der Waals surface area contributed by atoms with Gasteiger partial charge in [-0.25, -0.2) is 0 Å². The van der Waals surface area contributed by atoms with Crippen molar-refractivity contribution in [3.8, 4) is 22.5 Å². The largest absolute Gasteiger partial charge is 0.268 e. The zero-order chi connectivity index (χ0) is 17.5. The molecule has 0 atom stereocenters. The van der Waals surface area contributed by atoms with Crippen LogP contribution in [0.25, 0.3) is 33.4 Å². The topological polar surface area (TPSA) is 43.6 Å². The number of hydrogen-bond donors (Lipinski definition) is 0. The second kappa shape index (κ2) is 6.25. The number of para-hydroxylation sites is 1. The van der Waals surface area contributed by atoms with E-state index >= 15 is 0 Å². The fourth-order valence-corrected chi connectivity index (χ4v) is 4.40. The molecule has 0 saturated carbocycles. The third-order valence-corrected chi connectivity index (χ3v) is 5.74. The average Bonchev–Trinajstić information content (AvgIpc) is 3.29. The maximum absolute atomic E-state index is 4.92. The van der Waals surface area contributed by atoms with Gasteiger partial charge in [0.2, 0.25) is 0 Å². The molecule has 0 saturated heterocycles. The van der Waals surface area contributed by atoms with Gasteiger partial charge < -0.3 is 0 Å². The first-order valence-electron chi connectivity index (χ1n) is 8.80. The molecule has 0 radical (unpaired) electrons. The highest BCUT2D eigenvalue weighted by molar-refractivity contribution is 7.98. The van der Waals surface area contributed by atoms with Crippen LogP contribution in [-0.4, -0.2) is 26.0 Å². The minimum Gasteiger partial charge on any atom is -0.268 e. The van der Waals surface area contributed by atoms with E-state index in [1.807, 2.05) is 30.6 Å².